The number of aromatic hydroxyl groups is 1. The number of benzene rings is 1. The van der Waals surface area contributed by atoms with Crippen molar-refractivity contribution < 1.29 is 28.0 Å². The number of nitrogens with zero attached hydrogens (tertiary/aromatic N) is 1. The van der Waals surface area contributed by atoms with Crippen LogP contribution in [0.4, 0.5) is 11.4 Å². The molecule has 21 heavy (non-hydrogen) atoms. The Morgan fingerprint density at radius 1 is 1.48 bits per heavy atom. The van der Waals surface area contributed by atoms with E-state index in [-0.39, 0.29) is 24.4 Å². The van der Waals surface area contributed by atoms with E-state index in [1.165, 1.54) is 0 Å². The molecule has 0 radical (unpaired) electrons. The number of phenols is 1. The van der Waals surface area contributed by atoms with Gasteiger partial charge >= 0.3 is 5.97 Å². The van der Waals surface area contributed by atoms with Gasteiger partial charge in [-0.05, 0) is 13.0 Å². The number of rotatable bonds is 7. The molecule has 0 aliphatic carbocycles. The summed E-state index contributed by atoms with van der Waals surface area (Å²) in [7, 11) is -3.95. The summed E-state index contributed by atoms with van der Waals surface area (Å²) in [5.41, 5.74) is -0.705. The van der Waals surface area contributed by atoms with Crippen molar-refractivity contribution in [2.45, 2.75) is 13.3 Å². The molecule has 1 aromatic carbocycles. The highest BCUT2D eigenvalue weighted by atomic mass is 32.2. The molecule has 1 aromatic rings. The zero-order chi connectivity index (χ0) is 16.0. The van der Waals surface area contributed by atoms with Gasteiger partial charge in [0, 0.05) is 12.1 Å². The lowest BCUT2D eigenvalue weighted by molar-refractivity contribution is -0.384. The Labute approximate surface area is 120 Å². The van der Waals surface area contributed by atoms with E-state index in [0.29, 0.717) is 0 Å². The Hall–Kier alpha value is -2.36. The zero-order valence-corrected chi connectivity index (χ0v) is 11.9. The van der Waals surface area contributed by atoms with Gasteiger partial charge in [0.05, 0.1) is 29.4 Å². The van der Waals surface area contributed by atoms with Crippen molar-refractivity contribution in [2.24, 2.45) is 0 Å². The molecule has 10 heteroatoms. The Morgan fingerprint density at radius 2 is 2.14 bits per heavy atom. The molecule has 0 unspecified atom stereocenters. The van der Waals surface area contributed by atoms with Gasteiger partial charge in [-0.25, -0.2) is 8.42 Å². The van der Waals surface area contributed by atoms with Crippen LogP contribution in [0.1, 0.15) is 13.3 Å². The summed E-state index contributed by atoms with van der Waals surface area (Å²) in [5.74, 6) is -1.69. The second-order valence-electron chi connectivity index (χ2n) is 3.93. The van der Waals surface area contributed by atoms with Crippen molar-refractivity contribution in [3.8, 4) is 5.75 Å². The Kier molecular flexibility index (Phi) is 5.47. The maximum Gasteiger partial charge on any atom is 0.306 e. The lowest BCUT2D eigenvalue weighted by Crippen LogP contribution is -2.20. The summed E-state index contributed by atoms with van der Waals surface area (Å²) >= 11 is 0. The number of anilines is 1. The summed E-state index contributed by atoms with van der Waals surface area (Å²) in [4.78, 5) is 21.0. The maximum absolute atomic E-state index is 11.7. The van der Waals surface area contributed by atoms with Gasteiger partial charge in [-0.2, -0.15) is 0 Å². The van der Waals surface area contributed by atoms with Gasteiger partial charge in [-0.15, -0.1) is 0 Å². The molecular formula is C11H14N2O7S. The molecular weight excluding hydrogens is 304 g/mol. The molecule has 0 atom stereocenters. The predicted octanol–water partition coefficient (Wildman–Crippen LogP) is 0.995. The third-order valence-corrected chi connectivity index (χ3v) is 3.61. The van der Waals surface area contributed by atoms with Crippen LogP contribution in [0.3, 0.4) is 0 Å². The van der Waals surface area contributed by atoms with Crippen molar-refractivity contribution in [1.29, 1.82) is 0 Å². The molecule has 9 nitrogen and oxygen atoms in total. The number of hydrogen-bond donors (Lipinski definition) is 2. The minimum Gasteiger partial charge on any atom is -0.506 e. The summed E-state index contributed by atoms with van der Waals surface area (Å²) in [5, 5.41) is 20.1. The van der Waals surface area contributed by atoms with Crippen molar-refractivity contribution in [2.75, 3.05) is 17.1 Å². The van der Waals surface area contributed by atoms with Crippen molar-refractivity contribution in [3.63, 3.8) is 0 Å². The fourth-order valence-electron chi connectivity index (χ4n) is 1.39. The first-order chi connectivity index (χ1) is 9.75. The van der Waals surface area contributed by atoms with E-state index in [1.54, 1.807) is 6.92 Å². The smallest absolute Gasteiger partial charge is 0.306 e. The standard InChI is InChI=1S/C11H14N2O7S/c1-2-20-11(15)5-6-21(18,19)12-9-7-8(13(16)17)3-4-10(9)14/h3-4,7,12,14H,2,5-6H2,1H3. The normalized spacial score (nSPS) is 10.9. The van der Waals surface area contributed by atoms with E-state index in [1.807, 2.05) is 4.72 Å². The third-order valence-electron chi connectivity index (χ3n) is 2.34. The highest BCUT2D eigenvalue weighted by molar-refractivity contribution is 7.92. The van der Waals surface area contributed by atoms with Gasteiger partial charge in [0.15, 0.2) is 0 Å². The predicted molar refractivity (Wildman–Crippen MR) is 73.4 cm³/mol. The van der Waals surface area contributed by atoms with Crippen molar-refractivity contribution in [3.05, 3.63) is 28.3 Å². The first-order valence-electron chi connectivity index (χ1n) is 5.88. The van der Waals surface area contributed by atoms with Gasteiger partial charge in [0.1, 0.15) is 5.75 Å². The van der Waals surface area contributed by atoms with Crippen LogP contribution in [-0.2, 0) is 19.6 Å². The van der Waals surface area contributed by atoms with Crippen LogP contribution in [0.25, 0.3) is 0 Å². The molecule has 0 aromatic heterocycles. The van der Waals surface area contributed by atoms with Crippen LogP contribution in [0.5, 0.6) is 5.75 Å². The number of sulfonamides is 1. The summed E-state index contributed by atoms with van der Waals surface area (Å²) < 4.78 is 30.1. The molecule has 0 amide bonds. The van der Waals surface area contributed by atoms with Crippen molar-refractivity contribution >= 4 is 27.4 Å². The van der Waals surface area contributed by atoms with Crippen LogP contribution in [0.15, 0.2) is 18.2 Å². The van der Waals surface area contributed by atoms with Crippen LogP contribution >= 0.6 is 0 Å². The number of nitro benzene ring substituents is 1. The fourth-order valence-corrected chi connectivity index (χ4v) is 2.42. The molecule has 0 bridgehead atoms. The SMILES string of the molecule is CCOC(=O)CCS(=O)(=O)Nc1cc([N+](=O)[O-])ccc1O. The number of nitro groups is 1. The van der Waals surface area contributed by atoms with Crippen LogP contribution < -0.4 is 4.72 Å². The monoisotopic (exact) mass is 318 g/mol. The highest BCUT2D eigenvalue weighted by Gasteiger charge is 2.18. The van der Waals surface area contributed by atoms with E-state index in [4.69, 9.17) is 0 Å². The first kappa shape index (κ1) is 16.7. The fraction of sp³-hybridized carbons (Fsp3) is 0.364. The Bertz CT molecular complexity index is 642. The average Bonchev–Trinajstić information content (AvgIpc) is 2.39. The zero-order valence-electron chi connectivity index (χ0n) is 11.1. The molecule has 0 spiro atoms. The van der Waals surface area contributed by atoms with Crippen LogP contribution in [0.2, 0.25) is 0 Å². The van der Waals surface area contributed by atoms with E-state index in [0.717, 1.165) is 18.2 Å². The highest BCUT2D eigenvalue weighted by Crippen LogP contribution is 2.28. The minimum atomic E-state index is -3.95. The maximum atomic E-state index is 11.7. The number of ether oxygens (including phenoxy) is 1. The molecule has 0 fully saturated rings. The van der Waals surface area contributed by atoms with Gasteiger partial charge in [-0.1, -0.05) is 0 Å². The van der Waals surface area contributed by atoms with Crippen LogP contribution in [-0.4, -0.2) is 36.8 Å². The van der Waals surface area contributed by atoms with E-state index in [9.17, 15) is 28.4 Å². The van der Waals surface area contributed by atoms with E-state index < -0.39 is 32.4 Å². The first-order valence-corrected chi connectivity index (χ1v) is 7.54. The Balaban J connectivity index is 2.81. The number of esters is 1. The summed E-state index contributed by atoms with van der Waals surface area (Å²) in [6.07, 6.45) is -0.362. The molecule has 0 aliphatic heterocycles. The molecule has 0 saturated carbocycles. The number of phenolic OH excluding ortho intramolecular Hbond substituents is 1. The number of non-ortho nitro benzene ring substituents is 1. The molecule has 116 valence electrons. The van der Waals surface area contributed by atoms with Crippen LogP contribution in [0, 0.1) is 10.1 Å². The van der Waals surface area contributed by atoms with Gasteiger partial charge < -0.3 is 9.84 Å². The largest absolute Gasteiger partial charge is 0.506 e. The minimum absolute atomic E-state index is 0.137. The van der Waals surface area contributed by atoms with Gasteiger partial charge in [0.25, 0.3) is 5.69 Å². The molecule has 0 saturated heterocycles. The number of nitrogens with one attached hydrogen (secondary N) is 1. The lowest BCUT2D eigenvalue weighted by atomic mass is 10.2. The second kappa shape index (κ2) is 6.88. The van der Waals surface area contributed by atoms with Gasteiger partial charge in [-0.3, -0.25) is 19.6 Å². The number of hydrogen-bond acceptors (Lipinski definition) is 7. The van der Waals surface area contributed by atoms with E-state index >= 15 is 0 Å². The third kappa shape index (κ3) is 5.26. The second-order valence-corrected chi connectivity index (χ2v) is 5.78. The lowest BCUT2D eigenvalue weighted by Gasteiger charge is -2.09. The average molecular weight is 318 g/mol. The molecule has 1 rings (SSSR count). The molecule has 2 N–H and O–H groups in total. The van der Waals surface area contributed by atoms with E-state index in [2.05, 4.69) is 4.74 Å². The quantitative estimate of drug-likeness (QED) is 0.331. The summed E-state index contributed by atoms with van der Waals surface area (Å²) in [6.45, 7) is 1.73. The van der Waals surface area contributed by atoms with Gasteiger partial charge in [0.2, 0.25) is 10.0 Å². The van der Waals surface area contributed by atoms with Crippen molar-refractivity contribution in [1.82, 2.24) is 0 Å². The topological polar surface area (TPSA) is 136 Å². The Morgan fingerprint density at radius 3 is 2.71 bits per heavy atom. The summed E-state index contributed by atoms with van der Waals surface area (Å²) in [6, 6.07) is 2.92. The number of carbonyl (C=O) groups excluding carboxylic acids is 1. The molecule has 0 aliphatic rings. The molecule has 0 heterocycles. The number of carbonyl (C=O) groups is 1.